The number of hydrogen-bond donors (Lipinski definition) is 3. The summed E-state index contributed by atoms with van der Waals surface area (Å²) in [5, 5.41) is 13.5. The molecule has 3 heterocycles. The van der Waals surface area contributed by atoms with Gasteiger partial charge in [0, 0.05) is 28.1 Å². The summed E-state index contributed by atoms with van der Waals surface area (Å²) in [6.45, 7) is 5.98. The van der Waals surface area contributed by atoms with Crippen LogP contribution < -0.4 is 10.5 Å². The number of amides is 1. The first kappa shape index (κ1) is 27.2. The minimum Gasteiger partial charge on any atom is -0.432 e. The summed E-state index contributed by atoms with van der Waals surface area (Å²) in [6.07, 6.45) is -0.0600. The number of aromatic amines is 1. The van der Waals surface area contributed by atoms with Gasteiger partial charge in [-0.3, -0.25) is 14.7 Å². The van der Waals surface area contributed by atoms with Crippen molar-refractivity contribution in [3.63, 3.8) is 0 Å². The molecular weight excluding hydrogens is 590 g/mol. The van der Waals surface area contributed by atoms with Crippen molar-refractivity contribution in [3.05, 3.63) is 92.7 Å². The Morgan fingerprint density at radius 1 is 1.07 bits per heavy atom. The van der Waals surface area contributed by atoms with Gasteiger partial charge in [0.1, 0.15) is 0 Å². The highest BCUT2D eigenvalue weighted by Crippen LogP contribution is 2.60. The average molecular weight is 623 g/mol. The van der Waals surface area contributed by atoms with E-state index in [0.717, 1.165) is 26.8 Å². The largest absolute Gasteiger partial charge is 0.432 e. The van der Waals surface area contributed by atoms with E-state index >= 15 is 0 Å². The second-order valence-corrected chi connectivity index (χ2v) is 16.3. The van der Waals surface area contributed by atoms with Crippen LogP contribution in [0.15, 0.2) is 76.0 Å². The zero-order valence-electron chi connectivity index (χ0n) is 22.6. The Morgan fingerprint density at radius 3 is 2.48 bits per heavy atom. The summed E-state index contributed by atoms with van der Waals surface area (Å²) < 4.78 is 9.00. The molecule has 0 radical (unpaired) electrons. The maximum atomic E-state index is 14.4. The van der Waals surface area contributed by atoms with Crippen molar-refractivity contribution in [2.24, 2.45) is 5.92 Å². The first-order valence-electron chi connectivity index (χ1n) is 13.5. The Morgan fingerprint density at radius 2 is 1.80 bits per heavy atom. The van der Waals surface area contributed by atoms with Gasteiger partial charge in [-0.05, 0) is 67.5 Å². The van der Waals surface area contributed by atoms with Crippen molar-refractivity contribution in [1.29, 1.82) is 0 Å². The van der Waals surface area contributed by atoms with Crippen molar-refractivity contribution >= 4 is 46.7 Å². The maximum Gasteiger partial charge on any atom is 0.279 e. The monoisotopic (exact) mass is 621 g/mol. The summed E-state index contributed by atoms with van der Waals surface area (Å²) in [5.74, 6) is -0.440. The van der Waals surface area contributed by atoms with Gasteiger partial charge in [-0.2, -0.15) is 0 Å². The number of hydrogen-bond acceptors (Lipinski definition) is 5. The number of carbonyl (C=O) groups excluding carboxylic acids is 1. The molecule has 1 amide bonds. The van der Waals surface area contributed by atoms with Crippen molar-refractivity contribution in [3.8, 4) is 5.69 Å². The number of anilines is 1. The number of nitrogens with zero attached hydrogens (tertiary/aromatic N) is 2. The van der Waals surface area contributed by atoms with Gasteiger partial charge in [0.15, 0.2) is 13.9 Å². The molecule has 2 aliphatic heterocycles. The average Bonchev–Trinajstić information content (AvgIpc) is 3.49. The number of aliphatic hydroxyl groups is 1. The number of halogens is 1. The van der Waals surface area contributed by atoms with Crippen LogP contribution in [0, 0.1) is 5.92 Å². The van der Waals surface area contributed by atoms with E-state index in [1.54, 1.807) is 11.0 Å². The van der Waals surface area contributed by atoms with Gasteiger partial charge in [0.05, 0.1) is 34.9 Å². The lowest BCUT2D eigenvalue weighted by Crippen LogP contribution is -2.46. The smallest absolute Gasteiger partial charge is 0.279 e. The van der Waals surface area contributed by atoms with Crippen molar-refractivity contribution in [2.45, 2.75) is 50.2 Å². The van der Waals surface area contributed by atoms with E-state index in [2.05, 4.69) is 21.0 Å². The molecule has 10 heteroatoms. The summed E-state index contributed by atoms with van der Waals surface area (Å²) in [5.41, 5.74) is 2.35. The summed E-state index contributed by atoms with van der Waals surface area (Å²) in [4.78, 5) is 40.2. The Bertz CT molecular complexity index is 1660. The molecule has 0 bridgehead atoms. The fraction of sp³-hybridized carbons (Fsp3) is 0.333. The fourth-order valence-corrected chi connectivity index (χ4v) is 9.74. The van der Waals surface area contributed by atoms with E-state index in [-0.39, 0.29) is 29.5 Å². The number of nitrogens with one attached hydrogen (secondary N) is 1. The molecule has 8 nitrogen and oxygen atoms in total. The number of benzene rings is 3. The van der Waals surface area contributed by atoms with E-state index in [1.807, 2.05) is 80.7 Å². The molecule has 1 fully saturated rings. The summed E-state index contributed by atoms with van der Waals surface area (Å²) >= 11 is 3.57. The molecule has 40 heavy (non-hydrogen) atoms. The third kappa shape index (κ3) is 4.12. The van der Waals surface area contributed by atoms with Crippen molar-refractivity contribution in [1.82, 2.24) is 9.78 Å². The number of H-pyrrole nitrogens is 1. The van der Waals surface area contributed by atoms with Gasteiger partial charge >= 0.3 is 0 Å². The minimum atomic E-state index is -2.75. The number of para-hydroxylation sites is 1. The van der Waals surface area contributed by atoms with Crippen LogP contribution in [-0.4, -0.2) is 46.6 Å². The molecule has 0 aliphatic carbocycles. The molecule has 208 valence electrons. The van der Waals surface area contributed by atoms with Crippen LogP contribution in [-0.2, 0) is 21.7 Å². The Labute approximate surface area is 241 Å². The molecule has 3 N–H and O–H groups in total. The number of fused-ring (bicyclic) bond motifs is 3. The predicted octanol–water partition coefficient (Wildman–Crippen LogP) is 4.81. The van der Waals surface area contributed by atoms with Crippen LogP contribution in [0.1, 0.15) is 24.5 Å². The van der Waals surface area contributed by atoms with E-state index in [9.17, 15) is 19.5 Å². The highest BCUT2D eigenvalue weighted by molar-refractivity contribution is 9.10. The second kappa shape index (κ2) is 9.81. The highest BCUT2D eigenvalue weighted by Gasteiger charge is 2.66. The topological polar surface area (TPSA) is 108 Å². The Hall–Kier alpha value is -3.02. The van der Waals surface area contributed by atoms with Gasteiger partial charge in [-0.15, -0.1) is 0 Å². The van der Waals surface area contributed by atoms with E-state index in [4.69, 9.17) is 4.74 Å². The van der Waals surface area contributed by atoms with Crippen LogP contribution >= 0.6 is 15.9 Å². The standard InChI is InChI=1S/C30H32BrN3O5Si/c1-18-27(40(2,3)38)26(14-15-35)39-30(18)23-16-20(31)10-13-25(23)33(29(30)37)17-19-8-11-21(12-9-19)34-28(36)22-6-4-5-7-24(22)32-34/h4-13,16,18,26-27,32,35,38H,14-15,17H2,1-3H3/t18-,26+,27-,30+/m1/s1. The number of ether oxygens (including phenoxy) is 1. The number of carbonyl (C=O) groups is 1. The number of aliphatic hydroxyl groups excluding tert-OH is 1. The molecule has 3 aromatic carbocycles. The fourth-order valence-electron chi connectivity index (χ4n) is 6.78. The minimum absolute atomic E-state index is 0.0799. The van der Waals surface area contributed by atoms with Gasteiger partial charge in [0.2, 0.25) is 0 Å². The second-order valence-electron chi connectivity index (χ2n) is 11.4. The van der Waals surface area contributed by atoms with Crippen LogP contribution in [0.5, 0.6) is 0 Å². The van der Waals surface area contributed by atoms with E-state index < -0.39 is 20.0 Å². The van der Waals surface area contributed by atoms with Gasteiger partial charge in [-0.1, -0.05) is 47.1 Å². The number of aromatic nitrogens is 2. The molecule has 1 spiro atoms. The third-order valence-corrected chi connectivity index (χ3v) is 11.5. The molecule has 0 saturated carbocycles. The molecule has 2 aliphatic rings. The van der Waals surface area contributed by atoms with Crippen molar-refractivity contribution < 1.29 is 19.4 Å². The van der Waals surface area contributed by atoms with Gasteiger partial charge in [-0.25, -0.2) is 4.68 Å². The van der Waals surface area contributed by atoms with Crippen LogP contribution in [0.2, 0.25) is 18.6 Å². The highest BCUT2D eigenvalue weighted by atomic mass is 79.9. The normalized spacial score (nSPS) is 24.4. The van der Waals surface area contributed by atoms with Gasteiger partial charge in [0.25, 0.3) is 11.5 Å². The molecule has 4 atom stereocenters. The summed E-state index contributed by atoms with van der Waals surface area (Å²) in [7, 11) is -2.75. The zero-order valence-corrected chi connectivity index (χ0v) is 25.2. The predicted molar refractivity (Wildman–Crippen MR) is 160 cm³/mol. The van der Waals surface area contributed by atoms with E-state index in [0.29, 0.717) is 24.0 Å². The van der Waals surface area contributed by atoms with Crippen LogP contribution in [0.3, 0.4) is 0 Å². The third-order valence-electron chi connectivity index (χ3n) is 8.49. The lowest BCUT2D eigenvalue weighted by molar-refractivity contribution is -0.146. The van der Waals surface area contributed by atoms with E-state index in [1.165, 1.54) is 4.68 Å². The molecule has 0 unspecified atom stereocenters. The first-order valence-corrected chi connectivity index (χ1v) is 17.3. The zero-order chi connectivity index (χ0) is 28.4. The maximum absolute atomic E-state index is 14.4. The number of rotatable bonds is 6. The molecule has 1 saturated heterocycles. The Balaban J connectivity index is 1.36. The lowest BCUT2D eigenvalue weighted by Gasteiger charge is -2.32. The Kier molecular flexibility index (Phi) is 6.66. The van der Waals surface area contributed by atoms with Crippen LogP contribution in [0.4, 0.5) is 5.69 Å². The van der Waals surface area contributed by atoms with Crippen molar-refractivity contribution in [2.75, 3.05) is 11.5 Å². The molecule has 1 aromatic heterocycles. The first-order chi connectivity index (χ1) is 19.1. The van der Waals surface area contributed by atoms with Gasteiger partial charge < -0.3 is 19.5 Å². The van der Waals surface area contributed by atoms with Crippen LogP contribution in [0.25, 0.3) is 16.6 Å². The lowest BCUT2D eigenvalue weighted by atomic mass is 9.82. The quantitative estimate of drug-likeness (QED) is 0.268. The molecule has 4 aromatic rings. The summed E-state index contributed by atoms with van der Waals surface area (Å²) in [6, 6.07) is 20.8. The SMILES string of the molecule is C[C@@H]1[C@@H]([Si](C)(C)O)[C@H](CCO)O[C@@]12C(=O)N(Cc1ccc(-n3[nH]c4ccccc4c3=O)cc1)c1ccc(Br)cc12. The molecular formula is C30H32BrN3O5Si. The molecule has 6 rings (SSSR count).